The number of fused-ring (bicyclic) bond motifs is 1. The number of carbonyl (C=O) groups is 1. The minimum absolute atomic E-state index is 0.0251. The molecule has 172 valence electrons. The van der Waals surface area contributed by atoms with Gasteiger partial charge in [0.25, 0.3) is 11.8 Å². The van der Waals surface area contributed by atoms with Gasteiger partial charge in [-0.05, 0) is 55.5 Å². The lowest BCUT2D eigenvalue weighted by molar-refractivity contribution is -0.110. The predicted molar refractivity (Wildman–Crippen MR) is 127 cm³/mol. The fourth-order valence-corrected chi connectivity index (χ4v) is 3.81. The molecule has 0 saturated carbocycles. The number of aliphatic hydroxyl groups excluding tert-OH is 1. The van der Waals surface area contributed by atoms with Crippen LogP contribution in [0.3, 0.4) is 0 Å². The highest BCUT2D eigenvalue weighted by Gasteiger charge is 2.31. The minimum atomic E-state index is -0.465. The lowest BCUT2D eigenvalue weighted by atomic mass is 9.98. The summed E-state index contributed by atoms with van der Waals surface area (Å²) in [5.41, 5.74) is 2.65. The van der Waals surface area contributed by atoms with Crippen LogP contribution < -0.4 is 14.8 Å². The minimum Gasteiger partial charge on any atom is -0.504 e. The molecule has 0 atom stereocenters. The monoisotopic (exact) mass is 469 g/mol. The molecular formula is C24H24ClN3O5. The molecule has 0 saturated heterocycles. The van der Waals surface area contributed by atoms with Gasteiger partial charge in [0.2, 0.25) is 5.76 Å². The van der Waals surface area contributed by atoms with Gasteiger partial charge in [0, 0.05) is 17.7 Å². The summed E-state index contributed by atoms with van der Waals surface area (Å²) in [6, 6.07) is 12.4. The van der Waals surface area contributed by atoms with E-state index in [-0.39, 0.29) is 23.0 Å². The summed E-state index contributed by atoms with van der Waals surface area (Å²) in [5, 5.41) is 17.6. The zero-order chi connectivity index (χ0) is 23.5. The molecule has 3 aromatic rings. The van der Waals surface area contributed by atoms with Crippen molar-refractivity contribution in [2.24, 2.45) is 0 Å². The summed E-state index contributed by atoms with van der Waals surface area (Å²) in [4.78, 5) is 14.7. The molecule has 0 bridgehead atoms. The molecule has 2 heterocycles. The molecule has 0 fully saturated rings. The van der Waals surface area contributed by atoms with Crippen molar-refractivity contribution in [3.8, 4) is 22.8 Å². The molecule has 0 aliphatic carbocycles. The number of nitrogens with one attached hydrogen (secondary N) is 1. The van der Waals surface area contributed by atoms with E-state index in [0.29, 0.717) is 28.4 Å². The number of nitrogens with zero attached hydrogens (tertiary/aromatic N) is 2. The van der Waals surface area contributed by atoms with Gasteiger partial charge in [-0.15, -0.1) is 0 Å². The maximum Gasteiger partial charge on any atom is 0.260 e. The molecule has 1 aromatic heterocycles. The third-order valence-corrected chi connectivity index (χ3v) is 5.52. The fraction of sp³-hybridized carbons (Fsp3) is 0.250. The van der Waals surface area contributed by atoms with Crippen LogP contribution in [0.25, 0.3) is 22.5 Å². The van der Waals surface area contributed by atoms with Gasteiger partial charge in [0.15, 0.2) is 5.76 Å². The zero-order valence-corrected chi connectivity index (χ0v) is 19.3. The number of aromatic nitrogens is 1. The average molecular weight is 470 g/mol. The molecule has 8 nitrogen and oxygen atoms in total. The van der Waals surface area contributed by atoms with Crippen LogP contribution >= 0.6 is 11.6 Å². The highest BCUT2D eigenvalue weighted by atomic mass is 35.5. The normalized spacial score (nSPS) is 14.3. The third kappa shape index (κ3) is 4.81. The summed E-state index contributed by atoms with van der Waals surface area (Å²) in [6.07, 6.45) is 0.933. The van der Waals surface area contributed by atoms with Crippen LogP contribution in [0.15, 0.2) is 47.0 Å². The number of ether oxygens (including phenoxy) is 2. The summed E-state index contributed by atoms with van der Waals surface area (Å²) >= 11 is 6.52. The smallest absolute Gasteiger partial charge is 0.260 e. The number of methoxy groups -OCH3 is 1. The Balaban J connectivity index is 1.62. The summed E-state index contributed by atoms with van der Waals surface area (Å²) in [5.74, 6) is 0.183. The van der Waals surface area contributed by atoms with Gasteiger partial charge in [0.05, 0.1) is 36.1 Å². The Morgan fingerprint density at radius 2 is 1.94 bits per heavy atom. The van der Waals surface area contributed by atoms with Crippen LogP contribution in [0.1, 0.15) is 17.7 Å². The second kappa shape index (κ2) is 9.56. The molecular weight excluding hydrogens is 446 g/mol. The Labute approximate surface area is 196 Å². The fourth-order valence-electron chi connectivity index (χ4n) is 3.54. The SMILES string of the molecule is COc1cc(/C(O)=C2\C(=O)Nc3cc(Cl)c(-c4ccc(OCCCN(C)C)cc4)cc32)on1. The van der Waals surface area contributed by atoms with Crippen LogP contribution in [0.2, 0.25) is 5.02 Å². The molecule has 9 heteroatoms. The van der Waals surface area contributed by atoms with Crippen LogP contribution in [0, 0.1) is 0 Å². The molecule has 1 amide bonds. The predicted octanol–water partition coefficient (Wildman–Crippen LogP) is 4.71. The van der Waals surface area contributed by atoms with Crippen molar-refractivity contribution in [2.45, 2.75) is 6.42 Å². The lowest BCUT2D eigenvalue weighted by Crippen LogP contribution is -2.15. The lowest BCUT2D eigenvalue weighted by Gasteiger charge is -2.12. The van der Waals surface area contributed by atoms with E-state index in [1.807, 2.05) is 38.4 Å². The standard InChI is InChI=1S/C24H24ClN3O5/c1-28(2)9-4-10-32-15-7-5-14(6-8-15)16-11-17-19(12-18(16)25)26-24(30)22(17)23(29)20-13-21(31-3)27-33-20/h5-8,11-13,29H,4,9-10H2,1-3H3,(H,26,30)/b23-22+. The van der Waals surface area contributed by atoms with Gasteiger partial charge in [0.1, 0.15) is 5.75 Å². The van der Waals surface area contributed by atoms with Crippen LogP contribution in [0.4, 0.5) is 5.69 Å². The number of anilines is 1. The zero-order valence-electron chi connectivity index (χ0n) is 18.5. The van der Waals surface area contributed by atoms with E-state index >= 15 is 0 Å². The number of hydrogen-bond donors (Lipinski definition) is 2. The molecule has 4 rings (SSSR count). The van der Waals surface area contributed by atoms with Crippen molar-refractivity contribution in [1.82, 2.24) is 10.1 Å². The number of hydrogen-bond acceptors (Lipinski definition) is 7. The van der Waals surface area contributed by atoms with Gasteiger partial charge in [-0.25, -0.2) is 0 Å². The van der Waals surface area contributed by atoms with E-state index in [9.17, 15) is 9.90 Å². The molecule has 1 aliphatic rings. The first-order valence-corrected chi connectivity index (χ1v) is 10.7. The molecule has 0 radical (unpaired) electrons. The van der Waals surface area contributed by atoms with Crippen molar-refractivity contribution in [2.75, 3.05) is 39.7 Å². The Kier molecular flexibility index (Phi) is 6.57. The average Bonchev–Trinajstić information content (AvgIpc) is 3.40. The quantitative estimate of drug-likeness (QED) is 0.280. The number of aliphatic hydroxyl groups is 1. The maximum absolute atomic E-state index is 12.6. The molecule has 1 aliphatic heterocycles. The van der Waals surface area contributed by atoms with E-state index < -0.39 is 5.91 Å². The Morgan fingerprint density at radius 3 is 2.61 bits per heavy atom. The van der Waals surface area contributed by atoms with Crippen molar-refractivity contribution in [3.05, 3.63) is 58.8 Å². The van der Waals surface area contributed by atoms with Gasteiger partial charge in [-0.3, -0.25) is 4.79 Å². The van der Waals surface area contributed by atoms with Crippen LogP contribution in [0.5, 0.6) is 11.6 Å². The van der Waals surface area contributed by atoms with Crippen molar-refractivity contribution in [3.63, 3.8) is 0 Å². The van der Waals surface area contributed by atoms with Crippen LogP contribution in [-0.2, 0) is 4.79 Å². The molecule has 2 aromatic carbocycles. The number of carbonyl (C=O) groups excluding carboxylic acids is 1. The van der Waals surface area contributed by atoms with E-state index in [1.165, 1.54) is 13.2 Å². The van der Waals surface area contributed by atoms with Gasteiger partial charge >= 0.3 is 0 Å². The van der Waals surface area contributed by atoms with Gasteiger partial charge in [-0.2, -0.15) is 0 Å². The Hall–Kier alpha value is -3.49. The molecule has 0 spiro atoms. The van der Waals surface area contributed by atoms with Gasteiger partial charge in [-0.1, -0.05) is 23.7 Å². The van der Waals surface area contributed by atoms with Crippen molar-refractivity contribution >= 4 is 34.5 Å². The van der Waals surface area contributed by atoms with E-state index in [1.54, 1.807) is 12.1 Å². The first-order chi connectivity index (χ1) is 15.9. The highest BCUT2D eigenvalue weighted by molar-refractivity contribution is 6.38. The van der Waals surface area contributed by atoms with Crippen molar-refractivity contribution < 1.29 is 23.9 Å². The maximum atomic E-state index is 12.6. The second-order valence-corrected chi connectivity index (χ2v) is 8.23. The van der Waals surface area contributed by atoms with Crippen molar-refractivity contribution in [1.29, 1.82) is 0 Å². The van der Waals surface area contributed by atoms with E-state index in [0.717, 1.165) is 24.3 Å². The number of halogens is 1. The first-order valence-electron chi connectivity index (χ1n) is 10.3. The second-order valence-electron chi connectivity index (χ2n) is 7.82. The Bertz CT molecular complexity index is 1200. The van der Waals surface area contributed by atoms with E-state index in [2.05, 4.69) is 15.4 Å². The summed E-state index contributed by atoms with van der Waals surface area (Å²) < 4.78 is 15.9. The topological polar surface area (TPSA) is 97.1 Å². The molecule has 33 heavy (non-hydrogen) atoms. The largest absolute Gasteiger partial charge is 0.504 e. The first kappa shape index (κ1) is 22.7. The number of benzene rings is 2. The van der Waals surface area contributed by atoms with E-state index in [4.69, 9.17) is 25.6 Å². The molecule has 2 N–H and O–H groups in total. The van der Waals surface area contributed by atoms with Gasteiger partial charge < -0.3 is 29.3 Å². The Morgan fingerprint density at radius 1 is 1.18 bits per heavy atom. The van der Waals surface area contributed by atoms with Crippen LogP contribution in [-0.4, -0.2) is 55.4 Å². The summed E-state index contributed by atoms with van der Waals surface area (Å²) in [6.45, 7) is 1.59. The molecule has 0 unspecified atom stereocenters. The third-order valence-electron chi connectivity index (χ3n) is 5.20. The number of rotatable bonds is 8. The summed E-state index contributed by atoms with van der Waals surface area (Å²) in [7, 11) is 5.49. The number of amides is 1. The highest BCUT2D eigenvalue weighted by Crippen LogP contribution is 2.42.